The molecule has 0 fully saturated rings. The van der Waals surface area contributed by atoms with Crippen LogP contribution in [0.3, 0.4) is 0 Å². The minimum atomic E-state index is 0.702. The van der Waals surface area contributed by atoms with Crippen LogP contribution in [0.1, 0.15) is 245 Å². The zero-order valence-electron chi connectivity index (χ0n) is 43.9. The van der Waals surface area contributed by atoms with E-state index in [4.69, 9.17) is 0 Å². The molecule has 60 heavy (non-hydrogen) atoms. The van der Waals surface area contributed by atoms with Crippen LogP contribution < -0.4 is 0 Å². The van der Waals surface area contributed by atoms with E-state index in [1.165, 1.54) is 138 Å². The number of allylic oxidation sites excluding steroid dienone is 10. The van der Waals surface area contributed by atoms with Crippen LogP contribution in [-0.4, -0.2) is 0 Å². The second kappa shape index (κ2) is 46.4. The number of hydrogen-bond donors (Lipinski definition) is 0. The third-order valence-corrected chi connectivity index (χ3v) is 11.7. The number of rotatable bonds is 34. The van der Waals surface area contributed by atoms with Crippen molar-refractivity contribution in [1.29, 1.82) is 0 Å². The summed E-state index contributed by atoms with van der Waals surface area (Å²) in [6.45, 7) is 55.1. The highest BCUT2D eigenvalue weighted by Crippen LogP contribution is 2.21. The molecular formula is C60H112. The molecule has 352 valence electrons. The van der Waals surface area contributed by atoms with E-state index in [-0.39, 0.29) is 0 Å². The SMILES string of the molecule is C=C(CC)CCCC(C)CCCC(C)C.C=CC(=C)CC/C=C(\C)CCC=C(C)C.C=CC(=C)CCCC(C)CCCC(C)C.C=CC(C)CCCC(C)CCCC(C)C. The molecule has 4 unspecified atom stereocenters. The molecule has 0 nitrogen and oxygen atoms in total. The van der Waals surface area contributed by atoms with Gasteiger partial charge in [0.25, 0.3) is 0 Å². The lowest BCUT2D eigenvalue weighted by Crippen LogP contribution is -1.98. The molecule has 0 saturated carbocycles. The molecule has 0 aliphatic carbocycles. The first kappa shape index (κ1) is 64.5. The normalized spacial score (nSPS) is 13.1. The highest BCUT2D eigenvalue weighted by atomic mass is 14.1. The summed E-state index contributed by atoms with van der Waals surface area (Å²) in [5.41, 5.74) is 6.62. The third-order valence-electron chi connectivity index (χ3n) is 11.7. The summed E-state index contributed by atoms with van der Waals surface area (Å²) in [6.07, 6.45) is 40.4. The Morgan fingerprint density at radius 3 is 1.17 bits per heavy atom. The standard InChI is InChI=1S/2C15H30.C15H28.C15H24/c4*1-6-14(4)10-8-12-15(5)11-7-9-13(2)3/h13,15H,4,6-12H2,1-3,5H3;6,13-15H,1,7-12H2,2-5H3;6,13,15H,1,4,7-12H2,2-3,5H3;6,9,12H,1,4,7-8,10-11H2,2-3,5H3/b;;;15-12+. The van der Waals surface area contributed by atoms with Gasteiger partial charge in [-0.2, -0.15) is 0 Å². The second-order valence-corrected chi connectivity index (χ2v) is 20.5. The average molecular weight is 834 g/mol. The van der Waals surface area contributed by atoms with Gasteiger partial charge < -0.3 is 0 Å². The maximum Gasteiger partial charge on any atom is -0.0250 e. The van der Waals surface area contributed by atoms with Gasteiger partial charge in [0.15, 0.2) is 0 Å². The molecule has 0 aliphatic heterocycles. The largest absolute Gasteiger partial charge is 0.103 e. The monoisotopic (exact) mass is 833 g/mol. The van der Waals surface area contributed by atoms with Crippen molar-refractivity contribution in [2.24, 2.45) is 41.4 Å². The summed E-state index contributed by atoms with van der Waals surface area (Å²) < 4.78 is 0. The van der Waals surface area contributed by atoms with Gasteiger partial charge in [-0.25, -0.2) is 0 Å². The molecule has 0 heterocycles. The van der Waals surface area contributed by atoms with Gasteiger partial charge in [-0.05, 0) is 126 Å². The Kier molecular flexibility index (Phi) is 49.9. The van der Waals surface area contributed by atoms with Crippen LogP contribution in [0.2, 0.25) is 0 Å². The minimum Gasteiger partial charge on any atom is -0.103 e. The van der Waals surface area contributed by atoms with E-state index in [0.717, 1.165) is 73.2 Å². The van der Waals surface area contributed by atoms with Crippen molar-refractivity contribution >= 4 is 0 Å². The van der Waals surface area contributed by atoms with Crippen LogP contribution in [-0.2, 0) is 0 Å². The van der Waals surface area contributed by atoms with E-state index in [9.17, 15) is 0 Å². The lowest BCUT2D eigenvalue weighted by molar-refractivity contribution is 0.413. The van der Waals surface area contributed by atoms with Gasteiger partial charge >= 0.3 is 0 Å². The molecule has 0 saturated heterocycles. The fraction of sp³-hybridized carbons (Fsp3) is 0.733. The van der Waals surface area contributed by atoms with Gasteiger partial charge in [-0.1, -0.05) is 251 Å². The first-order valence-electron chi connectivity index (χ1n) is 25.4. The maximum absolute atomic E-state index is 4.06. The summed E-state index contributed by atoms with van der Waals surface area (Å²) in [4.78, 5) is 0. The molecule has 0 aliphatic rings. The topological polar surface area (TPSA) is 0 Å². The predicted molar refractivity (Wildman–Crippen MR) is 284 cm³/mol. The molecule has 0 aromatic rings. The van der Waals surface area contributed by atoms with Crippen molar-refractivity contribution in [3.05, 3.63) is 97.7 Å². The molecule has 0 aromatic heterocycles. The molecule has 0 radical (unpaired) electrons. The smallest absolute Gasteiger partial charge is 0.0250 e. The van der Waals surface area contributed by atoms with Gasteiger partial charge in [-0.3, -0.25) is 0 Å². The molecule has 0 rings (SSSR count). The van der Waals surface area contributed by atoms with Crippen molar-refractivity contribution in [2.45, 2.75) is 245 Å². The Labute approximate surface area is 382 Å². The Morgan fingerprint density at radius 2 is 0.800 bits per heavy atom. The third kappa shape index (κ3) is 58.0. The molecule has 0 bridgehead atoms. The van der Waals surface area contributed by atoms with Crippen molar-refractivity contribution < 1.29 is 0 Å². The molecule has 0 N–H and O–H groups in total. The Bertz CT molecular complexity index is 1080. The highest BCUT2D eigenvalue weighted by molar-refractivity contribution is 5.12. The minimum absolute atomic E-state index is 0.702. The fourth-order valence-electron chi connectivity index (χ4n) is 6.92. The van der Waals surface area contributed by atoms with E-state index in [1.54, 1.807) is 0 Å². The number of hydrogen-bond acceptors (Lipinski definition) is 0. The van der Waals surface area contributed by atoms with E-state index >= 15 is 0 Å². The second-order valence-electron chi connectivity index (χ2n) is 20.5. The maximum atomic E-state index is 4.06. The molecule has 4 atom stereocenters. The summed E-state index contributed by atoms with van der Waals surface area (Å²) in [5, 5.41) is 0. The van der Waals surface area contributed by atoms with Crippen LogP contribution >= 0.6 is 0 Å². The fourth-order valence-corrected chi connectivity index (χ4v) is 6.92. The van der Waals surface area contributed by atoms with E-state index in [0.29, 0.717) is 5.92 Å². The quantitative estimate of drug-likeness (QED) is 0.0448. The van der Waals surface area contributed by atoms with Gasteiger partial charge in [0.1, 0.15) is 0 Å². The predicted octanol–water partition coefficient (Wildman–Crippen LogP) is 21.6. The average Bonchev–Trinajstić information content (AvgIpc) is 3.17. The first-order chi connectivity index (χ1) is 28.2. The lowest BCUT2D eigenvalue weighted by Gasteiger charge is -2.13. The van der Waals surface area contributed by atoms with Gasteiger partial charge in [0, 0.05) is 0 Å². The molecular weight excluding hydrogens is 721 g/mol. The van der Waals surface area contributed by atoms with Crippen molar-refractivity contribution in [2.75, 3.05) is 0 Å². The summed E-state index contributed by atoms with van der Waals surface area (Å²) in [6, 6.07) is 0. The van der Waals surface area contributed by atoms with Crippen LogP contribution in [0.15, 0.2) is 97.7 Å². The summed E-state index contributed by atoms with van der Waals surface area (Å²) >= 11 is 0. The Hall–Kier alpha value is -2.08. The molecule has 0 amide bonds. The van der Waals surface area contributed by atoms with E-state index in [2.05, 4.69) is 155 Å². The Morgan fingerprint density at radius 1 is 0.433 bits per heavy atom. The highest BCUT2D eigenvalue weighted by Gasteiger charge is 2.06. The Balaban J connectivity index is -0.000000348. The molecule has 0 heteroatoms. The van der Waals surface area contributed by atoms with Crippen molar-refractivity contribution in [1.82, 2.24) is 0 Å². The van der Waals surface area contributed by atoms with E-state index in [1.807, 2.05) is 12.2 Å². The van der Waals surface area contributed by atoms with Crippen LogP contribution in [0.25, 0.3) is 0 Å². The zero-order chi connectivity index (χ0) is 46.7. The molecule has 0 spiro atoms. The van der Waals surface area contributed by atoms with Crippen LogP contribution in [0, 0.1) is 41.4 Å². The summed E-state index contributed by atoms with van der Waals surface area (Å²) in [7, 11) is 0. The van der Waals surface area contributed by atoms with Gasteiger partial charge in [0.2, 0.25) is 0 Å². The van der Waals surface area contributed by atoms with Crippen molar-refractivity contribution in [3.63, 3.8) is 0 Å². The molecule has 0 aromatic carbocycles. The summed E-state index contributed by atoms with van der Waals surface area (Å²) in [5.74, 6) is 6.01. The first-order valence-corrected chi connectivity index (χ1v) is 25.4. The van der Waals surface area contributed by atoms with E-state index < -0.39 is 0 Å². The van der Waals surface area contributed by atoms with Crippen LogP contribution in [0.4, 0.5) is 0 Å². The van der Waals surface area contributed by atoms with Gasteiger partial charge in [-0.15, -0.1) is 6.58 Å². The van der Waals surface area contributed by atoms with Crippen LogP contribution in [0.5, 0.6) is 0 Å². The van der Waals surface area contributed by atoms with Gasteiger partial charge in [0.05, 0.1) is 0 Å². The zero-order valence-corrected chi connectivity index (χ0v) is 43.9. The lowest BCUT2D eigenvalue weighted by atomic mass is 9.93. The van der Waals surface area contributed by atoms with Crippen molar-refractivity contribution in [3.8, 4) is 0 Å².